The molecule has 0 saturated carbocycles. The fourth-order valence-corrected chi connectivity index (χ4v) is 5.52. The lowest BCUT2D eigenvalue weighted by Gasteiger charge is -2.19. The van der Waals surface area contributed by atoms with Gasteiger partial charge in [-0.15, -0.1) is 0 Å². The van der Waals surface area contributed by atoms with Gasteiger partial charge in [-0.05, 0) is 57.1 Å². The highest BCUT2D eigenvalue weighted by atomic mass is 14.9. The van der Waals surface area contributed by atoms with Gasteiger partial charge in [-0.2, -0.15) is 0 Å². The maximum atomic E-state index is 5.41. The molecule has 3 nitrogen and oxygen atoms in total. The highest BCUT2D eigenvalue weighted by Gasteiger charge is 2.17. The van der Waals surface area contributed by atoms with Crippen LogP contribution in [0.25, 0.3) is 0 Å². The number of para-hydroxylation sites is 2. The molecule has 0 aliphatic rings. The van der Waals surface area contributed by atoms with E-state index in [2.05, 4.69) is 158 Å². The fraction of sp³-hybridized carbons (Fsp3) is 0.350. The molecule has 0 atom stereocenters. The molecule has 1 N–H and O–H groups in total. The molecule has 0 bridgehead atoms. The molecule has 0 heterocycles. The van der Waals surface area contributed by atoms with Crippen molar-refractivity contribution in [2.75, 3.05) is 13.1 Å². The van der Waals surface area contributed by atoms with Crippen molar-refractivity contribution in [1.82, 2.24) is 5.32 Å². The first-order chi connectivity index (χ1) is 20.7. The van der Waals surface area contributed by atoms with Gasteiger partial charge in [-0.25, -0.2) is 0 Å². The van der Waals surface area contributed by atoms with E-state index in [-0.39, 0.29) is 0 Å². The van der Waals surface area contributed by atoms with Crippen molar-refractivity contribution in [3.8, 4) is 0 Å². The van der Waals surface area contributed by atoms with Crippen LogP contribution in [0.4, 0.5) is 11.4 Å². The first-order valence-corrected chi connectivity index (χ1v) is 15.9. The zero-order chi connectivity index (χ0) is 30.9. The summed E-state index contributed by atoms with van der Waals surface area (Å²) in [6, 6.07) is 34.4. The Morgan fingerprint density at radius 2 is 0.744 bits per heavy atom. The molecule has 0 fully saturated rings. The van der Waals surface area contributed by atoms with Gasteiger partial charge in [-0.1, -0.05) is 152 Å². The van der Waals surface area contributed by atoms with Crippen LogP contribution in [0.3, 0.4) is 0 Å². The third kappa shape index (κ3) is 8.18. The third-order valence-corrected chi connectivity index (χ3v) is 7.98. The van der Waals surface area contributed by atoms with Crippen molar-refractivity contribution in [2.45, 2.75) is 79.1 Å². The van der Waals surface area contributed by atoms with Crippen LogP contribution < -0.4 is 5.32 Å². The Hall–Kier alpha value is -3.82. The average Bonchev–Trinajstić information content (AvgIpc) is 3.00. The van der Waals surface area contributed by atoms with Crippen LogP contribution in [0.15, 0.2) is 107 Å². The topological polar surface area (TPSA) is 36.8 Å². The molecule has 0 aromatic heterocycles. The van der Waals surface area contributed by atoms with Gasteiger partial charge in [0.05, 0.1) is 22.8 Å². The van der Waals surface area contributed by atoms with E-state index < -0.39 is 0 Å². The van der Waals surface area contributed by atoms with Crippen LogP contribution in [0, 0.1) is 0 Å². The predicted octanol–water partition coefficient (Wildman–Crippen LogP) is 10.7. The van der Waals surface area contributed by atoms with E-state index in [4.69, 9.17) is 9.98 Å². The maximum Gasteiger partial charge on any atom is 0.0702 e. The summed E-state index contributed by atoms with van der Waals surface area (Å²) in [5.74, 6) is 1.54. The lowest BCUT2D eigenvalue weighted by Crippen LogP contribution is -2.29. The predicted molar refractivity (Wildman–Crippen MR) is 187 cm³/mol. The molecule has 224 valence electrons. The number of benzene rings is 4. The number of rotatable bonds is 12. The summed E-state index contributed by atoms with van der Waals surface area (Å²) in [4.78, 5) is 10.8. The number of nitrogens with one attached hydrogen (secondary N) is 1. The van der Waals surface area contributed by atoms with E-state index in [1.165, 1.54) is 22.3 Å². The van der Waals surface area contributed by atoms with Crippen molar-refractivity contribution < 1.29 is 0 Å². The van der Waals surface area contributed by atoms with Crippen molar-refractivity contribution in [1.29, 1.82) is 0 Å². The van der Waals surface area contributed by atoms with Crippen LogP contribution in [0.2, 0.25) is 0 Å². The first-order valence-electron chi connectivity index (χ1n) is 15.9. The zero-order valence-electron chi connectivity index (χ0n) is 27.4. The minimum absolute atomic E-state index is 0.385. The molecule has 0 saturated heterocycles. The van der Waals surface area contributed by atoms with Gasteiger partial charge in [0.1, 0.15) is 0 Å². The minimum Gasteiger partial charge on any atom is -0.305 e. The average molecular weight is 572 g/mol. The van der Waals surface area contributed by atoms with Gasteiger partial charge in [0.15, 0.2) is 0 Å². The van der Waals surface area contributed by atoms with Crippen molar-refractivity contribution in [3.05, 3.63) is 130 Å². The van der Waals surface area contributed by atoms with Crippen LogP contribution in [0.1, 0.15) is 112 Å². The van der Waals surface area contributed by atoms with Crippen LogP contribution in [-0.4, -0.2) is 24.5 Å². The second kappa shape index (κ2) is 15.1. The second-order valence-corrected chi connectivity index (χ2v) is 12.6. The molecule has 0 radical (unpaired) electrons. The zero-order valence-corrected chi connectivity index (χ0v) is 27.4. The highest BCUT2D eigenvalue weighted by Crippen LogP contribution is 2.36. The Kier molecular flexibility index (Phi) is 11.3. The molecule has 4 aromatic rings. The molecule has 3 heteroatoms. The molecule has 0 aliphatic carbocycles. The summed E-state index contributed by atoms with van der Waals surface area (Å²) in [6.07, 6.45) is 0. The number of aliphatic imine (C=N–C) groups is 2. The summed E-state index contributed by atoms with van der Waals surface area (Å²) < 4.78 is 0. The molecule has 0 unspecified atom stereocenters. The van der Waals surface area contributed by atoms with Crippen LogP contribution in [0.5, 0.6) is 0 Å². The van der Waals surface area contributed by atoms with Gasteiger partial charge >= 0.3 is 0 Å². The van der Waals surface area contributed by atoms with Gasteiger partial charge in [0, 0.05) is 13.1 Å². The smallest absolute Gasteiger partial charge is 0.0702 e. The first kappa shape index (κ1) is 32.1. The monoisotopic (exact) mass is 571 g/mol. The summed E-state index contributed by atoms with van der Waals surface area (Å²) >= 11 is 0. The fourth-order valence-electron chi connectivity index (χ4n) is 5.52. The van der Waals surface area contributed by atoms with Gasteiger partial charge in [0.25, 0.3) is 0 Å². The molecule has 0 amide bonds. The summed E-state index contributed by atoms with van der Waals surface area (Å²) in [6.45, 7) is 19.3. The Bertz CT molecular complexity index is 1360. The van der Waals surface area contributed by atoms with Gasteiger partial charge < -0.3 is 5.32 Å². The van der Waals surface area contributed by atoms with E-state index in [0.717, 1.165) is 33.9 Å². The van der Waals surface area contributed by atoms with E-state index >= 15 is 0 Å². The lowest BCUT2D eigenvalue weighted by molar-refractivity contribution is 0.831. The Morgan fingerprint density at radius 3 is 1.02 bits per heavy atom. The van der Waals surface area contributed by atoms with Crippen LogP contribution >= 0.6 is 0 Å². The van der Waals surface area contributed by atoms with Crippen molar-refractivity contribution >= 4 is 22.8 Å². The Morgan fingerprint density at radius 1 is 0.442 bits per heavy atom. The normalized spacial score (nSPS) is 12.7. The highest BCUT2D eigenvalue weighted by molar-refractivity contribution is 6.06. The largest absolute Gasteiger partial charge is 0.305 e. The number of hydrogen-bond acceptors (Lipinski definition) is 3. The van der Waals surface area contributed by atoms with Crippen molar-refractivity contribution in [2.24, 2.45) is 9.98 Å². The standard InChI is InChI=1S/C40H49N3/c1-27(2)33-21-15-22-34(28(3)4)39(33)42-37(31-17-11-9-12-18-31)25-41-26-38(32-19-13-10-14-20-32)43-40-35(29(5)6)23-16-24-36(40)30(7)8/h9-24,27-30,41H,25-26H2,1-8H3. The van der Waals surface area contributed by atoms with Crippen molar-refractivity contribution in [3.63, 3.8) is 0 Å². The molecule has 0 aliphatic heterocycles. The number of nitrogens with zero attached hydrogens (tertiary/aromatic N) is 2. The molecule has 4 rings (SSSR count). The summed E-state index contributed by atoms with van der Waals surface area (Å²) in [5, 5.41) is 3.76. The molecule has 43 heavy (non-hydrogen) atoms. The van der Waals surface area contributed by atoms with E-state index in [1.54, 1.807) is 0 Å². The third-order valence-electron chi connectivity index (χ3n) is 7.98. The van der Waals surface area contributed by atoms with Gasteiger partial charge in [-0.3, -0.25) is 9.98 Å². The molecular formula is C40H49N3. The SMILES string of the molecule is CC(C)c1cccc(C(C)C)c1N=C(CNCC(=Nc1c(C(C)C)cccc1C(C)C)c1ccccc1)c1ccccc1. The lowest BCUT2D eigenvalue weighted by atomic mass is 9.92. The molecule has 4 aromatic carbocycles. The maximum absolute atomic E-state index is 5.41. The van der Waals surface area contributed by atoms with Crippen LogP contribution in [-0.2, 0) is 0 Å². The molecular weight excluding hydrogens is 522 g/mol. The van der Waals surface area contributed by atoms with E-state index in [9.17, 15) is 0 Å². The van der Waals surface area contributed by atoms with E-state index in [1.807, 2.05) is 0 Å². The summed E-state index contributed by atoms with van der Waals surface area (Å²) in [7, 11) is 0. The second-order valence-electron chi connectivity index (χ2n) is 12.6. The Balaban J connectivity index is 1.76. The quantitative estimate of drug-likeness (QED) is 0.169. The van der Waals surface area contributed by atoms with Gasteiger partial charge in [0.2, 0.25) is 0 Å². The number of hydrogen-bond donors (Lipinski definition) is 1. The Labute approximate surface area is 260 Å². The minimum atomic E-state index is 0.385. The summed E-state index contributed by atoms with van der Waals surface area (Å²) in [5.41, 5.74) is 11.7. The van der Waals surface area contributed by atoms with E-state index in [0.29, 0.717) is 36.8 Å². The molecule has 0 spiro atoms.